The minimum atomic E-state index is -0.312. The van der Waals surface area contributed by atoms with Gasteiger partial charge in [0.2, 0.25) is 0 Å². The predicted octanol–water partition coefficient (Wildman–Crippen LogP) is 2.94. The molecule has 0 saturated heterocycles. The molecule has 4 heteroatoms. The minimum absolute atomic E-state index is 0.0562. The predicted molar refractivity (Wildman–Crippen MR) is 74.1 cm³/mol. The highest BCUT2D eigenvalue weighted by Crippen LogP contribution is 2.38. The van der Waals surface area contributed by atoms with Crippen molar-refractivity contribution in [3.05, 3.63) is 0 Å². The van der Waals surface area contributed by atoms with Crippen LogP contribution in [0.4, 0.5) is 0 Å². The first-order chi connectivity index (χ1) is 7.46. The fourth-order valence-electron chi connectivity index (χ4n) is 1.99. The second-order valence-corrected chi connectivity index (χ2v) is 7.87. The molecule has 0 fully saturated rings. The van der Waals surface area contributed by atoms with Gasteiger partial charge in [-0.1, -0.05) is 25.8 Å². The number of rotatable bonds is 7. The number of nitrogens with zero attached hydrogens (tertiary/aromatic N) is 1. The van der Waals surface area contributed by atoms with E-state index in [1.165, 1.54) is 0 Å². The summed E-state index contributed by atoms with van der Waals surface area (Å²) in [6, 6.07) is 0. The molecule has 0 aliphatic rings. The van der Waals surface area contributed by atoms with E-state index in [1.807, 2.05) is 25.2 Å². The zero-order valence-corrected chi connectivity index (χ0v) is 12.9. The molecule has 0 rings (SSSR count). The van der Waals surface area contributed by atoms with Crippen molar-refractivity contribution in [2.24, 2.45) is 5.41 Å². The summed E-state index contributed by atoms with van der Waals surface area (Å²) in [4.78, 5) is 22.6. The lowest BCUT2D eigenvalue weighted by atomic mass is 9.80. The van der Waals surface area contributed by atoms with Crippen molar-refractivity contribution in [1.82, 2.24) is 4.31 Å². The van der Waals surface area contributed by atoms with Crippen LogP contribution in [-0.4, -0.2) is 34.2 Å². The lowest BCUT2D eigenvalue weighted by Crippen LogP contribution is -2.34. The molecular formula is C13H25NO2S. The number of likely N-dealkylation sites (N-methyl/N-ethyl adjacent to an activating group) is 1. The van der Waals surface area contributed by atoms with Crippen LogP contribution in [0.25, 0.3) is 0 Å². The zero-order valence-electron chi connectivity index (χ0n) is 12.1. The van der Waals surface area contributed by atoms with Crippen molar-refractivity contribution in [2.45, 2.75) is 52.7 Å². The van der Waals surface area contributed by atoms with Gasteiger partial charge in [-0.05, 0) is 41.2 Å². The summed E-state index contributed by atoms with van der Waals surface area (Å²) in [7, 11) is 1.91. The van der Waals surface area contributed by atoms with Gasteiger partial charge < -0.3 is 0 Å². The maximum Gasteiger partial charge on any atom is 0.144 e. The second-order valence-electron chi connectivity index (χ2n) is 5.96. The summed E-state index contributed by atoms with van der Waals surface area (Å²) in [6.07, 6.45) is 0.794. The molecule has 0 aliphatic carbocycles. The van der Waals surface area contributed by atoms with Gasteiger partial charge in [0.25, 0.3) is 0 Å². The monoisotopic (exact) mass is 259 g/mol. The summed E-state index contributed by atoms with van der Waals surface area (Å²) in [5.41, 5.74) is -0.312. The Bertz CT molecular complexity index is 298. The van der Waals surface area contributed by atoms with Crippen LogP contribution in [-0.2, 0) is 9.59 Å². The number of carbonyl (C=O) groups excluding carboxylic acids is 2. The summed E-state index contributed by atoms with van der Waals surface area (Å²) in [5, 5.41) is 0. The van der Waals surface area contributed by atoms with E-state index in [-0.39, 0.29) is 21.7 Å². The Kier molecular flexibility index (Phi) is 5.88. The Morgan fingerprint density at radius 1 is 1.12 bits per heavy atom. The molecule has 0 atom stereocenters. The Morgan fingerprint density at radius 2 is 1.59 bits per heavy atom. The topological polar surface area (TPSA) is 37.4 Å². The molecule has 0 spiro atoms. The molecule has 0 radical (unpaired) electrons. The van der Waals surface area contributed by atoms with Crippen molar-refractivity contribution in [2.75, 3.05) is 13.6 Å². The summed E-state index contributed by atoms with van der Waals surface area (Å²) in [6.45, 7) is 11.8. The summed E-state index contributed by atoms with van der Waals surface area (Å²) in [5.74, 6) is 0.363. The number of hydrogen-bond acceptors (Lipinski definition) is 4. The third-order valence-electron chi connectivity index (χ3n) is 2.67. The molecular weight excluding hydrogens is 234 g/mol. The fourth-order valence-corrected chi connectivity index (χ4v) is 3.50. The molecule has 100 valence electrons. The van der Waals surface area contributed by atoms with E-state index in [2.05, 4.69) is 13.8 Å². The highest BCUT2D eigenvalue weighted by atomic mass is 32.2. The first-order valence-electron chi connectivity index (χ1n) is 5.87. The van der Waals surface area contributed by atoms with Crippen molar-refractivity contribution < 1.29 is 9.59 Å². The van der Waals surface area contributed by atoms with Crippen LogP contribution in [0.3, 0.4) is 0 Å². The fraction of sp³-hybridized carbons (Fsp3) is 0.846. The summed E-state index contributed by atoms with van der Waals surface area (Å²) >= 11 is 1.63. The first kappa shape index (κ1) is 16.6. The van der Waals surface area contributed by atoms with Gasteiger partial charge in [-0.15, -0.1) is 0 Å². The average Bonchev–Trinajstić information content (AvgIpc) is 1.96. The van der Waals surface area contributed by atoms with Gasteiger partial charge in [0.05, 0.1) is 6.54 Å². The maximum absolute atomic E-state index is 11.5. The van der Waals surface area contributed by atoms with E-state index in [1.54, 1.807) is 25.8 Å². The molecule has 17 heavy (non-hydrogen) atoms. The number of Topliss-reactive ketones (excluding diaryl/α,β-unsaturated/α-hetero) is 2. The molecule has 0 amide bonds. The van der Waals surface area contributed by atoms with Crippen molar-refractivity contribution in [3.8, 4) is 0 Å². The molecule has 0 aromatic heterocycles. The van der Waals surface area contributed by atoms with E-state index in [9.17, 15) is 9.59 Å². The van der Waals surface area contributed by atoms with Gasteiger partial charge in [-0.2, -0.15) is 0 Å². The SMILES string of the molecule is CC(=O)CN(C)SC(C)(C)CC(C)(C)C(C)=O. The van der Waals surface area contributed by atoms with Crippen LogP contribution in [0.1, 0.15) is 48.0 Å². The number of hydrogen-bond donors (Lipinski definition) is 0. The third-order valence-corrected chi connectivity index (χ3v) is 3.75. The average molecular weight is 259 g/mol. The molecule has 0 aromatic carbocycles. The molecule has 0 heterocycles. The lowest BCUT2D eigenvalue weighted by molar-refractivity contribution is -0.125. The van der Waals surface area contributed by atoms with Crippen LogP contribution in [0.5, 0.6) is 0 Å². The van der Waals surface area contributed by atoms with Crippen LogP contribution in [0.2, 0.25) is 0 Å². The maximum atomic E-state index is 11.5. The molecule has 0 aliphatic heterocycles. The Labute approximate surface area is 109 Å². The standard InChI is InChI=1S/C13H25NO2S/c1-10(15)8-14(7)17-13(5,6)9-12(3,4)11(2)16/h8-9H2,1-7H3. The smallest absolute Gasteiger partial charge is 0.144 e. The minimum Gasteiger partial charge on any atom is -0.299 e. The van der Waals surface area contributed by atoms with Gasteiger partial charge in [0, 0.05) is 10.2 Å². The Morgan fingerprint density at radius 3 is 1.94 bits per heavy atom. The third kappa shape index (κ3) is 6.84. The Balaban J connectivity index is 4.48. The zero-order chi connectivity index (χ0) is 13.9. The van der Waals surface area contributed by atoms with Crippen molar-refractivity contribution in [1.29, 1.82) is 0 Å². The molecule has 0 saturated carbocycles. The Hall–Kier alpha value is -0.350. The van der Waals surface area contributed by atoms with Crippen LogP contribution in [0, 0.1) is 5.41 Å². The van der Waals surface area contributed by atoms with E-state index in [0.29, 0.717) is 6.54 Å². The van der Waals surface area contributed by atoms with Crippen LogP contribution in [0.15, 0.2) is 0 Å². The van der Waals surface area contributed by atoms with Crippen molar-refractivity contribution >= 4 is 23.5 Å². The van der Waals surface area contributed by atoms with Gasteiger partial charge in [-0.25, -0.2) is 4.31 Å². The van der Waals surface area contributed by atoms with Crippen molar-refractivity contribution in [3.63, 3.8) is 0 Å². The van der Waals surface area contributed by atoms with E-state index in [0.717, 1.165) is 6.42 Å². The van der Waals surface area contributed by atoms with Gasteiger partial charge in [-0.3, -0.25) is 9.59 Å². The van der Waals surface area contributed by atoms with Gasteiger partial charge in [0.15, 0.2) is 0 Å². The molecule has 0 N–H and O–H groups in total. The lowest BCUT2D eigenvalue weighted by Gasteiger charge is -2.35. The quantitative estimate of drug-likeness (QED) is 0.659. The van der Waals surface area contributed by atoms with Gasteiger partial charge in [0.1, 0.15) is 11.6 Å². The van der Waals surface area contributed by atoms with Crippen LogP contribution < -0.4 is 0 Å². The number of carbonyl (C=O) groups is 2. The molecule has 0 unspecified atom stereocenters. The van der Waals surface area contributed by atoms with E-state index < -0.39 is 0 Å². The van der Waals surface area contributed by atoms with E-state index in [4.69, 9.17) is 0 Å². The summed E-state index contributed by atoms with van der Waals surface area (Å²) < 4.78 is 1.89. The van der Waals surface area contributed by atoms with Gasteiger partial charge >= 0.3 is 0 Å². The molecule has 0 aromatic rings. The highest BCUT2D eigenvalue weighted by molar-refractivity contribution is 7.98. The normalized spacial score (nSPS) is 12.9. The molecule has 3 nitrogen and oxygen atoms in total. The molecule has 0 bridgehead atoms. The first-order valence-corrected chi connectivity index (χ1v) is 6.64. The highest BCUT2D eigenvalue weighted by Gasteiger charge is 2.33. The second kappa shape index (κ2) is 6.01. The van der Waals surface area contributed by atoms with Crippen LogP contribution >= 0.6 is 11.9 Å². The number of ketones is 2. The largest absolute Gasteiger partial charge is 0.299 e. The van der Waals surface area contributed by atoms with E-state index >= 15 is 0 Å².